The van der Waals surface area contributed by atoms with Gasteiger partial charge in [-0.25, -0.2) is 17.9 Å². The number of aromatic nitrogens is 3. The molecule has 5 rings (SSSR count). The van der Waals surface area contributed by atoms with Crippen LogP contribution in [0.15, 0.2) is 55.0 Å². The first-order chi connectivity index (χ1) is 18.5. The number of benzene rings is 2. The molecule has 0 bridgehead atoms. The van der Waals surface area contributed by atoms with Gasteiger partial charge in [0.1, 0.15) is 11.4 Å². The highest BCUT2D eigenvalue weighted by molar-refractivity contribution is 7.90. The maximum Gasteiger partial charge on any atom is 0.301 e. The maximum absolute atomic E-state index is 15.9. The van der Waals surface area contributed by atoms with Crippen molar-refractivity contribution in [3.8, 4) is 28.1 Å². The minimum atomic E-state index is -4.07. The molecular formula is C24H18ClF3N6O4S. The molecule has 1 aliphatic rings. The Hall–Kier alpha value is -4.01. The van der Waals surface area contributed by atoms with Crippen molar-refractivity contribution < 1.29 is 26.5 Å². The van der Waals surface area contributed by atoms with Crippen LogP contribution in [0, 0.1) is 27.6 Å². The van der Waals surface area contributed by atoms with E-state index in [-0.39, 0.29) is 34.9 Å². The summed E-state index contributed by atoms with van der Waals surface area (Å²) in [7, 11) is -4.07. The van der Waals surface area contributed by atoms with E-state index in [1.807, 2.05) is 0 Å². The number of hydrogen-bond acceptors (Lipinski definition) is 6. The highest BCUT2D eigenvalue weighted by atomic mass is 35.5. The van der Waals surface area contributed by atoms with Gasteiger partial charge in [-0.15, -0.1) is 0 Å². The van der Waals surface area contributed by atoms with Gasteiger partial charge < -0.3 is 0 Å². The van der Waals surface area contributed by atoms with Gasteiger partial charge in [0.15, 0.2) is 17.5 Å². The van der Waals surface area contributed by atoms with E-state index in [0.717, 1.165) is 16.9 Å². The Morgan fingerprint density at radius 1 is 1.00 bits per heavy atom. The predicted octanol–water partition coefficient (Wildman–Crippen LogP) is 5.33. The molecule has 1 aliphatic heterocycles. The number of rotatable bonds is 7. The fourth-order valence-corrected chi connectivity index (χ4v) is 5.79. The van der Waals surface area contributed by atoms with E-state index in [4.69, 9.17) is 11.6 Å². The molecule has 2 aromatic carbocycles. The van der Waals surface area contributed by atoms with Crippen molar-refractivity contribution in [1.82, 2.24) is 19.1 Å². The van der Waals surface area contributed by atoms with Gasteiger partial charge in [-0.05, 0) is 37.1 Å². The smallest absolute Gasteiger partial charge is 0.268 e. The number of nitrogens with zero attached hydrogens (tertiary/aromatic N) is 5. The number of nitro groups is 1. The normalized spacial score (nSPS) is 14.1. The van der Waals surface area contributed by atoms with Crippen molar-refractivity contribution in [3.05, 3.63) is 87.6 Å². The molecule has 0 spiro atoms. The van der Waals surface area contributed by atoms with E-state index >= 15 is 4.39 Å². The minimum Gasteiger partial charge on any atom is -0.268 e. The van der Waals surface area contributed by atoms with Gasteiger partial charge in [0.2, 0.25) is 0 Å². The zero-order chi connectivity index (χ0) is 27.9. The SMILES string of the molecule is O=[N+]([O-])c1cc(F)c(-n2cc(-c3cc(Cl)cc(NS(=O)(=O)N4CCCC4)c3F)c(-c3ccncc3)n2)c(F)c1. The largest absolute Gasteiger partial charge is 0.301 e. The number of halogens is 4. The summed E-state index contributed by atoms with van der Waals surface area (Å²) >= 11 is 6.24. The van der Waals surface area contributed by atoms with Crippen LogP contribution < -0.4 is 4.72 Å². The highest BCUT2D eigenvalue weighted by Gasteiger charge is 2.28. The Kier molecular flexibility index (Phi) is 7.01. The Morgan fingerprint density at radius 2 is 1.64 bits per heavy atom. The Balaban J connectivity index is 1.68. The quantitative estimate of drug-likeness (QED) is 0.233. The van der Waals surface area contributed by atoms with Crippen molar-refractivity contribution in [1.29, 1.82) is 0 Å². The van der Waals surface area contributed by atoms with Gasteiger partial charge in [-0.3, -0.25) is 19.8 Å². The summed E-state index contributed by atoms with van der Waals surface area (Å²) in [6.07, 6.45) is 5.32. The number of pyridine rings is 1. The summed E-state index contributed by atoms with van der Waals surface area (Å²) in [6.45, 7) is 0.575. The van der Waals surface area contributed by atoms with Crippen LogP contribution in [-0.4, -0.2) is 45.5 Å². The van der Waals surface area contributed by atoms with Gasteiger partial charge >= 0.3 is 10.2 Å². The van der Waals surface area contributed by atoms with Gasteiger partial charge in [-0.1, -0.05) is 11.6 Å². The van der Waals surface area contributed by atoms with E-state index in [2.05, 4.69) is 14.8 Å². The zero-order valence-corrected chi connectivity index (χ0v) is 21.4. The molecule has 4 aromatic rings. The molecule has 0 unspecified atom stereocenters. The van der Waals surface area contributed by atoms with Gasteiger partial charge in [0, 0.05) is 53.4 Å². The molecule has 0 atom stereocenters. The molecule has 10 nitrogen and oxygen atoms in total. The van der Waals surface area contributed by atoms with Crippen LogP contribution in [0.3, 0.4) is 0 Å². The van der Waals surface area contributed by atoms with Crippen LogP contribution in [-0.2, 0) is 10.2 Å². The summed E-state index contributed by atoms with van der Waals surface area (Å²) in [5.74, 6) is -3.55. The third-order valence-electron chi connectivity index (χ3n) is 6.08. The summed E-state index contributed by atoms with van der Waals surface area (Å²) in [4.78, 5) is 14.0. The van der Waals surface area contributed by atoms with Crippen molar-refractivity contribution >= 4 is 33.2 Å². The van der Waals surface area contributed by atoms with Gasteiger partial charge in [-0.2, -0.15) is 17.8 Å². The third-order valence-corrected chi connectivity index (χ3v) is 7.82. The summed E-state index contributed by atoms with van der Waals surface area (Å²) in [5, 5.41) is 15.2. The van der Waals surface area contributed by atoms with E-state index in [9.17, 15) is 27.3 Å². The van der Waals surface area contributed by atoms with Gasteiger partial charge in [0.05, 0.1) is 22.7 Å². The molecule has 0 radical (unpaired) electrons. The van der Waals surface area contributed by atoms with Crippen LogP contribution >= 0.6 is 11.6 Å². The number of anilines is 1. The Labute approximate surface area is 225 Å². The van der Waals surface area contributed by atoms with Crippen molar-refractivity contribution in [3.63, 3.8) is 0 Å². The van der Waals surface area contributed by atoms with Crippen LogP contribution in [0.25, 0.3) is 28.1 Å². The van der Waals surface area contributed by atoms with Crippen LogP contribution in [0.5, 0.6) is 0 Å². The third kappa shape index (κ3) is 5.17. The lowest BCUT2D eigenvalue weighted by molar-refractivity contribution is -0.385. The predicted molar refractivity (Wildman–Crippen MR) is 137 cm³/mol. The highest BCUT2D eigenvalue weighted by Crippen LogP contribution is 2.38. The molecule has 1 N–H and O–H groups in total. The maximum atomic E-state index is 15.9. The molecule has 0 saturated carbocycles. The Bertz CT molecular complexity index is 1670. The van der Waals surface area contributed by atoms with E-state index in [1.54, 1.807) is 0 Å². The first-order valence-electron chi connectivity index (χ1n) is 11.5. The molecule has 0 aliphatic carbocycles. The number of hydrogen-bond donors (Lipinski definition) is 1. The minimum absolute atomic E-state index is 0.0139. The molecule has 0 amide bonds. The lowest BCUT2D eigenvalue weighted by Gasteiger charge is -2.18. The molecule has 1 fully saturated rings. The van der Waals surface area contributed by atoms with E-state index < -0.39 is 49.6 Å². The summed E-state index contributed by atoms with van der Waals surface area (Å²) < 4.78 is 75.4. The van der Waals surface area contributed by atoms with Crippen molar-refractivity contribution in [2.24, 2.45) is 0 Å². The number of non-ortho nitro benzene ring substituents is 1. The average Bonchev–Trinajstić information content (AvgIpc) is 3.57. The van der Waals surface area contributed by atoms with Crippen LogP contribution in [0.4, 0.5) is 24.5 Å². The number of nitrogens with one attached hydrogen (secondary N) is 1. The zero-order valence-electron chi connectivity index (χ0n) is 19.8. The van der Waals surface area contributed by atoms with Crippen LogP contribution in [0.2, 0.25) is 5.02 Å². The van der Waals surface area contributed by atoms with E-state index in [0.29, 0.717) is 30.5 Å². The fraction of sp³-hybridized carbons (Fsp3) is 0.167. The second kappa shape index (κ2) is 10.3. The Morgan fingerprint density at radius 3 is 2.26 bits per heavy atom. The monoisotopic (exact) mass is 578 g/mol. The first-order valence-corrected chi connectivity index (χ1v) is 13.3. The molecule has 1 saturated heterocycles. The fourth-order valence-electron chi connectivity index (χ4n) is 4.28. The second-order valence-electron chi connectivity index (χ2n) is 8.62. The first kappa shape index (κ1) is 26.6. The lowest BCUT2D eigenvalue weighted by atomic mass is 10.0. The summed E-state index contributed by atoms with van der Waals surface area (Å²) in [6, 6.07) is 6.46. The van der Waals surface area contributed by atoms with Gasteiger partial charge in [0.25, 0.3) is 5.69 Å². The average molecular weight is 579 g/mol. The molecule has 15 heteroatoms. The van der Waals surface area contributed by atoms with Crippen LogP contribution in [0.1, 0.15) is 12.8 Å². The topological polar surface area (TPSA) is 123 Å². The second-order valence-corrected chi connectivity index (χ2v) is 10.7. The molecular weight excluding hydrogens is 561 g/mol. The molecule has 39 heavy (non-hydrogen) atoms. The molecule has 3 heterocycles. The van der Waals surface area contributed by atoms with E-state index in [1.165, 1.54) is 34.9 Å². The summed E-state index contributed by atoms with van der Waals surface area (Å²) in [5.41, 5.74) is -1.71. The van der Waals surface area contributed by atoms with Crippen molar-refractivity contribution in [2.75, 3.05) is 17.8 Å². The molecule has 202 valence electrons. The lowest BCUT2D eigenvalue weighted by Crippen LogP contribution is -2.33. The standard InChI is InChI=1S/C24H18ClF3N6O4S/c25-15-9-17(22(28)21(10-15)31-39(37,38)32-7-1-2-8-32)18-13-33(30-23(18)14-3-5-29-6-4-14)24-19(26)11-16(34(35)36)12-20(24)27/h3-6,9-13,31H,1-2,7-8H2. The van der Waals surface area contributed by atoms with Crippen molar-refractivity contribution in [2.45, 2.75) is 12.8 Å². The number of nitro benzene ring substituents is 1. The molecule has 2 aromatic heterocycles.